The number of rotatable bonds is 4. The van der Waals surface area contributed by atoms with Crippen molar-refractivity contribution in [2.75, 3.05) is 0 Å². The molecule has 0 aromatic heterocycles. The van der Waals surface area contributed by atoms with Gasteiger partial charge in [0.1, 0.15) is 29.3 Å². The van der Waals surface area contributed by atoms with E-state index in [0.29, 0.717) is 11.1 Å². The van der Waals surface area contributed by atoms with E-state index in [-0.39, 0.29) is 22.3 Å². The number of hydrogen-bond acceptors (Lipinski definition) is 11. The first-order chi connectivity index (χ1) is 17.8. The molecule has 1 saturated heterocycles. The number of aryl methyl sites for hydroxylation is 1. The first-order valence-corrected chi connectivity index (χ1v) is 11.7. The lowest BCUT2D eigenvalue weighted by Crippen LogP contribution is -2.66. The fourth-order valence-corrected chi connectivity index (χ4v) is 4.96. The third-order valence-electron chi connectivity index (χ3n) is 6.48. The van der Waals surface area contributed by atoms with Crippen molar-refractivity contribution in [3.05, 3.63) is 69.8 Å². The zero-order valence-corrected chi connectivity index (χ0v) is 21.0. The molecule has 11 heteroatoms. The summed E-state index contributed by atoms with van der Waals surface area (Å²) in [6.45, 7) is 5.88. The van der Waals surface area contributed by atoms with E-state index in [1.54, 1.807) is 20.8 Å². The van der Waals surface area contributed by atoms with E-state index in [1.807, 2.05) is 0 Å². The van der Waals surface area contributed by atoms with Crippen molar-refractivity contribution in [1.82, 2.24) is 0 Å². The van der Waals surface area contributed by atoms with Crippen molar-refractivity contribution in [3.63, 3.8) is 0 Å². The van der Waals surface area contributed by atoms with Crippen LogP contribution in [0.1, 0.15) is 53.4 Å². The van der Waals surface area contributed by atoms with E-state index in [1.165, 1.54) is 30.3 Å². The number of benzene rings is 2. The second-order valence-corrected chi connectivity index (χ2v) is 9.64. The summed E-state index contributed by atoms with van der Waals surface area (Å²) < 4.78 is 16.1. The second-order valence-electron chi connectivity index (χ2n) is 9.64. The summed E-state index contributed by atoms with van der Waals surface area (Å²) >= 11 is 0. The normalized spacial score (nSPS) is 28.1. The van der Waals surface area contributed by atoms with Crippen LogP contribution in [0.3, 0.4) is 0 Å². The average Bonchev–Trinajstić information content (AvgIpc) is 2.80. The summed E-state index contributed by atoms with van der Waals surface area (Å²) in [4.78, 5) is 37.6. The number of carbonyl (C=O) groups excluding carboxylic acids is 3. The molecule has 38 heavy (non-hydrogen) atoms. The zero-order chi connectivity index (χ0) is 28.1. The topological polar surface area (TPSA) is 180 Å². The van der Waals surface area contributed by atoms with Crippen molar-refractivity contribution in [2.24, 2.45) is 0 Å². The van der Waals surface area contributed by atoms with Crippen molar-refractivity contribution >= 4 is 17.7 Å². The number of aliphatic hydroxyl groups excluding tert-OH is 2. The molecular formula is C27H28O11. The molecule has 202 valence electrons. The Kier molecular flexibility index (Phi) is 7.06. The van der Waals surface area contributed by atoms with Crippen molar-refractivity contribution in [3.8, 4) is 11.5 Å². The van der Waals surface area contributed by atoms with Gasteiger partial charge in [0, 0.05) is 24.1 Å². The van der Waals surface area contributed by atoms with Gasteiger partial charge in [-0.2, -0.15) is 0 Å². The third kappa shape index (κ3) is 4.43. The van der Waals surface area contributed by atoms with Crippen LogP contribution in [0.5, 0.6) is 11.5 Å². The molecule has 1 heterocycles. The molecular weight excluding hydrogens is 500 g/mol. The third-order valence-corrected chi connectivity index (χ3v) is 6.48. The molecule has 2 aliphatic rings. The molecule has 1 aliphatic heterocycles. The standard InChI is InChI=1S/C27H28O11/c1-11(2)8-18(31)37-24-22(33)25(38-26(23(24)34)36-13(4)28)27(35)14-6-5-7-16(29)19(14)21(32)20-15(27)9-12(3)10-17(20)30/h5-10,22-26,29-30,33-35H,1-4H3/t22-,23-,24-,25-,26-,27-/m1/s1. The Bertz CT molecular complexity index is 1340. The molecule has 0 amide bonds. The largest absolute Gasteiger partial charge is 0.507 e. The predicted molar refractivity (Wildman–Crippen MR) is 129 cm³/mol. The lowest BCUT2D eigenvalue weighted by Gasteiger charge is -2.49. The van der Waals surface area contributed by atoms with Gasteiger partial charge in [0.2, 0.25) is 12.1 Å². The predicted octanol–water partition coefficient (Wildman–Crippen LogP) is 1.07. The second kappa shape index (κ2) is 9.84. The Morgan fingerprint density at radius 1 is 0.974 bits per heavy atom. The number of aromatic hydroxyl groups is 2. The van der Waals surface area contributed by atoms with E-state index in [9.17, 15) is 39.9 Å². The summed E-state index contributed by atoms with van der Waals surface area (Å²) in [5.74, 6) is -3.59. The maximum absolute atomic E-state index is 13.4. The minimum Gasteiger partial charge on any atom is -0.507 e. The number of ketones is 1. The van der Waals surface area contributed by atoms with Gasteiger partial charge in [0.25, 0.3) is 0 Å². The first-order valence-electron chi connectivity index (χ1n) is 11.7. The molecule has 0 saturated carbocycles. The minimum absolute atomic E-state index is 0.172. The highest BCUT2D eigenvalue weighted by Gasteiger charge is 2.60. The van der Waals surface area contributed by atoms with Gasteiger partial charge >= 0.3 is 11.9 Å². The van der Waals surface area contributed by atoms with Crippen LogP contribution in [0.4, 0.5) is 0 Å². The van der Waals surface area contributed by atoms with Crippen LogP contribution in [-0.2, 0) is 29.4 Å². The summed E-state index contributed by atoms with van der Waals surface area (Å²) in [7, 11) is 0. The summed E-state index contributed by atoms with van der Waals surface area (Å²) in [6, 6.07) is 6.57. The lowest BCUT2D eigenvalue weighted by atomic mass is 9.68. The van der Waals surface area contributed by atoms with Crippen LogP contribution in [0.2, 0.25) is 0 Å². The van der Waals surface area contributed by atoms with E-state index in [2.05, 4.69) is 0 Å². The quantitative estimate of drug-likeness (QED) is 0.283. The van der Waals surface area contributed by atoms with E-state index in [4.69, 9.17) is 14.2 Å². The maximum atomic E-state index is 13.4. The Labute approximate surface area is 217 Å². The fraction of sp³-hybridized carbons (Fsp3) is 0.370. The van der Waals surface area contributed by atoms with E-state index < -0.39 is 65.5 Å². The highest BCUT2D eigenvalue weighted by atomic mass is 16.7. The number of hydrogen-bond donors (Lipinski definition) is 5. The first kappa shape index (κ1) is 27.3. The molecule has 1 fully saturated rings. The molecule has 2 aromatic rings. The molecule has 5 N–H and O–H groups in total. The molecule has 0 bridgehead atoms. The SMILES string of the molecule is CC(=O)O[C@@H]1O[C@@H]([C@@]2(O)c3cccc(O)c3C(=O)c3c(O)cc(C)cc32)[C@H](O)[C@@H](OC(=O)C=C(C)C)[C@H]1O. The van der Waals surface area contributed by atoms with Gasteiger partial charge in [0.15, 0.2) is 12.2 Å². The molecule has 4 rings (SSSR count). The fourth-order valence-electron chi connectivity index (χ4n) is 4.96. The Morgan fingerprint density at radius 3 is 2.26 bits per heavy atom. The molecule has 0 spiro atoms. The number of ether oxygens (including phenoxy) is 3. The van der Waals surface area contributed by atoms with Gasteiger partial charge in [-0.25, -0.2) is 4.79 Å². The number of phenols is 2. The van der Waals surface area contributed by atoms with Crippen LogP contribution in [0.15, 0.2) is 42.0 Å². The van der Waals surface area contributed by atoms with Gasteiger partial charge in [-0.3, -0.25) is 9.59 Å². The Balaban J connectivity index is 1.95. The Hall–Kier alpha value is -3.77. The number of aliphatic hydroxyl groups is 3. The molecule has 11 nitrogen and oxygen atoms in total. The highest BCUT2D eigenvalue weighted by Crippen LogP contribution is 2.50. The Morgan fingerprint density at radius 2 is 1.63 bits per heavy atom. The van der Waals surface area contributed by atoms with Crippen LogP contribution in [0, 0.1) is 6.92 Å². The smallest absolute Gasteiger partial charge is 0.331 e. The van der Waals surface area contributed by atoms with Gasteiger partial charge < -0.3 is 39.7 Å². The zero-order valence-electron chi connectivity index (χ0n) is 21.0. The van der Waals surface area contributed by atoms with Gasteiger partial charge in [-0.1, -0.05) is 23.8 Å². The van der Waals surface area contributed by atoms with Crippen LogP contribution in [-0.4, -0.2) is 74.0 Å². The van der Waals surface area contributed by atoms with Crippen molar-refractivity contribution < 1.29 is 54.1 Å². The van der Waals surface area contributed by atoms with Crippen LogP contribution in [0.25, 0.3) is 0 Å². The van der Waals surface area contributed by atoms with Crippen LogP contribution < -0.4 is 0 Å². The maximum Gasteiger partial charge on any atom is 0.331 e. The van der Waals surface area contributed by atoms with Crippen molar-refractivity contribution in [2.45, 2.75) is 64.0 Å². The summed E-state index contributed by atoms with van der Waals surface area (Å²) in [6.07, 6.45) is -8.10. The molecule has 0 radical (unpaired) electrons. The number of allylic oxidation sites excluding steroid dienone is 1. The summed E-state index contributed by atoms with van der Waals surface area (Å²) in [5.41, 5.74) is -2.54. The number of phenolic OH excluding ortho intramolecular Hbond substituents is 2. The monoisotopic (exact) mass is 528 g/mol. The van der Waals surface area contributed by atoms with E-state index >= 15 is 0 Å². The summed E-state index contributed by atoms with van der Waals surface area (Å²) in [5, 5.41) is 55.8. The number of esters is 2. The lowest BCUT2D eigenvalue weighted by molar-refractivity contribution is -0.314. The average molecular weight is 529 g/mol. The van der Waals surface area contributed by atoms with Crippen molar-refractivity contribution in [1.29, 1.82) is 0 Å². The highest BCUT2D eigenvalue weighted by molar-refractivity contribution is 6.16. The molecule has 1 aliphatic carbocycles. The minimum atomic E-state index is -2.47. The van der Waals surface area contributed by atoms with Crippen LogP contribution >= 0.6 is 0 Å². The molecule has 0 unspecified atom stereocenters. The van der Waals surface area contributed by atoms with Gasteiger partial charge in [-0.05, 0) is 38.5 Å². The van der Waals surface area contributed by atoms with E-state index in [0.717, 1.165) is 13.0 Å². The molecule has 6 atom stereocenters. The molecule has 2 aromatic carbocycles. The van der Waals surface area contributed by atoms with Gasteiger partial charge in [0.05, 0.1) is 11.1 Å². The number of fused-ring (bicyclic) bond motifs is 2. The van der Waals surface area contributed by atoms with Gasteiger partial charge in [-0.15, -0.1) is 0 Å². The number of carbonyl (C=O) groups is 3.